The van der Waals surface area contributed by atoms with Crippen LogP contribution in [-0.2, 0) is 4.79 Å². The van der Waals surface area contributed by atoms with Gasteiger partial charge in [0, 0.05) is 16.9 Å². The molecule has 0 radical (unpaired) electrons. The molecule has 7 heteroatoms. The first kappa shape index (κ1) is 17.6. The number of phenols is 3. The molecule has 0 aromatic heterocycles. The lowest BCUT2D eigenvalue weighted by atomic mass is 9.75. The van der Waals surface area contributed by atoms with Crippen molar-refractivity contribution in [3.63, 3.8) is 0 Å². The van der Waals surface area contributed by atoms with Gasteiger partial charge in [0.2, 0.25) is 16.9 Å². The Morgan fingerprint density at radius 3 is 2.45 bits per heavy atom. The Morgan fingerprint density at radius 1 is 1.00 bits per heavy atom. The van der Waals surface area contributed by atoms with Crippen molar-refractivity contribution in [1.82, 2.24) is 0 Å². The van der Waals surface area contributed by atoms with Gasteiger partial charge in [-0.15, -0.1) is 0 Å². The highest BCUT2D eigenvalue weighted by atomic mass is 16.4. The molecule has 148 valence electrons. The summed E-state index contributed by atoms with van der Waals surface area (Å²) in [4.78, 5) is 24.2. The van der Waals surface area contributed by atoms with Crippen molar-refractivity contribution in [3.05, 3.63) is 52.2 Å². The minimum Gasteiger partial charge on any atom is -0.504 e. The maximum atomic E-state index is 12.2. The summed E-state index contributed by atoms with van der Waals surface area (Å²) in [5, 5.41) is 41.0. The molecule has 7 nitrogen and oxygen atoms in total. The summed E-state index contributed by atoms with van der Waals surface area (Å²) in [5.41, 5.74) is 0.256. The second-order valence-corrected chi connectivity index (χ2v) is 7.90. The summed E-state index contributed by atoms with van der Waals surface area (Å²) in [6.07, 6.45) is 3.96. The van der Waals surface area contributed by atoms with Crippen molar-refractivity contribution < 1.29 is 29.6 Å². The molecule has 1 aromatic rings. The maximum Gasteiger partial charge on any atom is 0.307 e. The lowest BCUT2D eigenvalue weighted by Crippen LogP contribution is -2.26. The molecule has 1 saturated carbocycles. The Balaban J connectivity index is 1.93. The number of allylic oxidation sites excluding steroid dienone is 2. The SMILES string of the molecule is C[C@@H]1[C@H]2C=C[C@H]1[C@@H](c1c3ccc(=O)c(O)c-3oc3c(O)c(O)ccc13)[C@H]2C(=O)O. The first-order valence-corrected chi connectivity index (χ1v) is 9.35. The second-order valence-electron chi connectivity index (χ2n) is 7.90. The van der Waals surface area contributed by atoms with Crippen molar-refractivity contribution in [2.75, 3.05) is 0 Å². The standard InChI is InChI=1S/C22H18O7/c1-8-9-2-3-10(8)17(22(27)28)16(9)15-11-4-6-13(23)18(25)20(11)29-21-12(15)5-7-14(24)19(21)26/h2-10,16-17,23,25-26H,1H3,(H,27,28)/t8-,9+,10+,16-,17-/m0/s1. The highest BCUT2D eigenvalue weighted by molar-refractivity contribution is 5.95. The Hall–Kier alpha value is -3.48. The van der Waals surface area contributed by atoms with E-state index in [0.717, 1.165) is 0 Å². The summed E-state index contributed by atoms with van der Waals surface area (Å²) >= 11 is 0. The van der Waals surface area contributed by atoms with Gasteiger partial charge in [-0.05, 0) is 47.6 Å². The van der Waals surface area contributed by atoms with E-state index in [9.17, 15) is 30.0 Å². The molecule has 0 spiro atoms. The van der Waals surface area contributed by atoms with E-state index in [0.29, 0.717) is 16.5 Å². The third kappa shape index (κ3) is 2.18. The molecule has 2 bridgehead atoms. The lowest BCUT2D eigenvalue weighted by Gasteiger charge is -2.29. The van der Waals surface area contributed by atoms with E-state index in [1.165, 1.54) is 18.2 Å². The molecule has 1 aliphatic heterocycles. The summed E-state index contributed by atoms with van der Waals surface area (Å²) < 4.78 is 5.65. The molecule has 1 heterocycles. The van der Waals surface area contributed by atoms with Crippen LogP contribution in [0.1, 0.15) is 18.4 Å². The minimum absolute atomic E-state index is 0.0556. The zero-order chi connectivity index (χ0) is 20.6. The number of carbonyl (C=O) groups is 1. The maximum absolute atomic E-state index is 12.2. The molecule has 0 saturated heterocycles. The number of fused-ring (bicyclic) bond motifs is 4. The number of hydrogen-bond donors (Lipinski definition) is 4. The van der Waals surface area contributed by atoms with Crippen LogP contribution in [0.3, 0.4) is 0 Å². The predicted octanol–water partition coefficient (Wildman–Crippen LogP) is 3.25. The Morgan fingerprint density at radius 2 is 1.72 bits per heavy atom. The van der Waals surface area contributed by atoms with Gasteiger partial charge in [-0.2, -0.15) is 0 Å². The second kappa shape index (κ2) is 5.76. The van der Waals surface area contributed by atoms with Crippen molar-refractivity contribution in [2.24, 2.45) is 23.7 Å². The third-order valence-electron chi connectivity index (χ3n) is 6.59. The molecule has 0 unspecified atom stereocenters. The van der Waals surface area contributed by atoms with Crippen LogP contribution in [0.5, 0.6) is 17.2 Å². The largest absolute Gasteiger partial charge is 0.504 e. The Labute approximate surface area is 164 Å². The van der Waals surface area contributed by atoms with E-state index in [1.54, 1.807) is 6.07 Å². The van der Waals surface area contributed by atoms with Crippen molar-refractivity contribution >= 4 is 16.9 Å². The Bertz CT molecular complexity index is 1240. The molecular formula is C22H18O7. The molecular weight excluding hydrogens is 376 g/mol. The van der Waals surface area contributed by atoms with Gasteiger partial charge in [0.1, 0.15) is 0 Å². The molecule has 5 atom stereocenters. The van der Waals surface area contributed by atoms with Gasteiger partial charge in [-0.25, -0.2) is 0 Å². The van der Waals surface area contributed by atoms with Gasteiger partial charge < -0.3 is 24.8 Å². The van der Waals surface area contributed by atoms with E-state index >= 15 is 0 Å². The van der Waals surface area contributed by atoms with E-state index in [1.807, 2.05) is 19.1 Å². The number of benzene rings is 2. The van der Waals surface area contributed by atoms with E-state index in [-0.39, 0.29) is 29.1 Å². The molecule has 3 aliphatic carbocycles. The molecule has 29 heavy (non-hydrogen) atoms. The number of carboxylic acids is 1. The average Bonchev–Trinajstić information content (AvgIpc) is 3.19. The fraction of sp³-hybridized carbons (Fsp3) is 0.273. The normalized spacial score (nSPS) is 27.8. The Kier molecular flexibility index (Phi) is 3.50. The fourth-order valence-corrected chi connectivity index (χ4v) is 5.28. The lowest BCUT2D eigenvalue weighted by molar-refractivity contribution is -0.143. The zero-order valence-corrected chi connectivity index (χ0v) is 15.4. The minimum atomic E-state index is -0.923. The van der Waals surface area contributed by atoms with E-state index in [2.05, 4.69) is 0 Å². The summed E-state index contributed by atoms with van der Waals surface area (Å²) in [7, 11) is 0. The van der Waals surface area contributed by atoms with Gasteiger partial charge in [0.25, 0.3) is 0 Å². The van der Waals surface area contributed by atoms with Crippen LogP contribution in [0.2, 0.25) is 0 Å². The van der Waals surface area contributed by atoms with E-state index < -0.39 is 40.5 Å². The molecule has 4 aliphatic rings. The van der Waals surface area contributed by atoms with Crippen LogP contribution in [-0.4, -0.2) is 26.4 Å². The molecule has 1 aromatic carbocycles. The smallest absolute Gasteiger partial charge is 0.307 e. The van der Waals surface area contributed by atoms with Crippen LogP contribution in [0, 0.1) is 23.7 Å². The van der Waals surface area contributed by atoms with Crippen LogP contribution < -0.4 is 5.43 Å². The zero-order valence-electron chi connectivity index (χ0n) is 15.4. The highest BCUT2D eigenvalue weighted by Crippen LogP contribution is 2.59. The number of rotatable bonds is 2. The van der Waals surface area contributed by atoms with Crippen molar-refractivity contribution in [3.8, 4) is 28.6 Å². The van der Waals surface area contributed by atoms with Crippen LogP contribution >= 0.6 is 0 Å². The van der Waals surface area contributed by atoms with Gasteiger partial charge >= 0.3 is 5.97 Å². The number of hydrogen-bond acceptors (Lipinski definition) is 6. The number of aliphatic carboxylic acids is 1. The molecule has 1 fully saturated rings. The monoisotopic (exact) mass is 394 g/mol. The van der Waals surface area contributed by atoms with Crippen molar-refractivity contribution in [2.45, 2.75) is 12.8 Å². The molecule has 4 N–H and O–H groups in total. The van der Waals surface area contributed by atoms with Crippen LogP contribution in [0.4, 0.5) is 0 Å². The van der Waals surface area contributed by atoms with E-state index in [4.69, 9.17) is 4.42 Å². The van der Waals surface area contributed by atoms with Crippen LogP contribution in [0.15, 0.2) is 45.6 Å². The number of carboxylic acid groups (broad SMARTS) is 1. The van der Waals surface area contributed by atoms with Gasteiger partial charge in [-0.1, -0.05) is 19.1 Å². The fourth-order valence-electron chi connectivity index (χ4n) is 5.28. The first-order valence-electron chi connectivity index (χ1n) is 9.35. The highest BCUT2D eigenvalue weighted by Gasteiger charge is 2.54. The summed E-state index contributed by atoms with van der Waals surface area (Å²) in [6, 6.07) is 5.60. The van der Waals surface area contributed by atoms with Crippen LogP contribution in [0.25, 0.3) is 22.3 Å². The van der Waals surface area contributed by atoms with Gasteiger partial charge in [0.05, 0.1) is 5.92 Å². The summed E-state index contributed by atoms with van der Waals surface area (Å²) in [5.74, 6) is -3.84. The van der Waals surface area contributed by atoms with Gasteiger partial charge in [0.15, 0.2) is 17.1 Å². The van der Waals surface area contributed by atoms with Crippen molar-refractivity contribution in [1.29, 1.82) is 0 Å². The van der Waals surface area contributed by atoms with Gasteiger partial charge in [-0.3, -0.25) is 9.59 Å². The quantitative estimate of drug-likeness (QED) is 0.298. The topological polar surface area (TPSA) is 128 Å². The first-order chi connectivity index (χ1) is 13.8. The summed E-state index contributed by atoms with van der Waals surface area (Å²) in [6.45, 7) is 2.01. The molecule has 0 amide bonds. The number of aromatic hydroxyl groups is 3. The third-order valence-corrected chi connectivity index (χ3v) is 6.59. The number of phenolic OH excluding ortho intramolecular Hbond substituents is 3. The predicted molar refractivity (Wildman–Crippen MR) is 103 cm³/mol. The average molecular weight is 394 g/mol. The molecule has 5 rings (SSSR count).